The molecule has 0 amide bonds. The minimum atomic E-state index is -0.388. The van der Waals surface area contributed by atoms with Gasteiger partial charge in [-0.2, -0.15) is 0 Å². The number of aromatic hydroxyl groups is 1. The Morgan fingerprint density at radius 3 is 2.66 bits per heavy atom. The van der Waals surface area contributed by atoms with Gasteiger partial charge in [0.05, 0.1) is 16.0 Å². The van der Waals surface area contributed by atoms with Crippen molar-refractivity contribution >= 4 is 32.8 Å². The maximum Gasteiger partial charge on any atom is 0.313 e. The van der Waals surface area contributed by atoms with E-state index in [4.69, 9.17) is 10.3 Å². The van der Waals surface area contributed by atoms with Crippen LogP contribution in [0.15, 0.2) is 58.2 Å². The normalized spacial score (nSPS) is 12.3. The highest BCUT2D eigenvalue weighted by Crippen LogP contribution is 2.42. The monoisotopic (exact) mass is 495 g/mol. The van der Waals surface area contributed by atoms with E-state index in [1.807, 2.05) is 11.5 Å². The van der Waals surface area contributed by atoms with Crippen LogP contribution < -0.4 is 5.73 Å². The maximum atomic E-state index is 14.2. The van der Waals surface area contributed by atoms with Gasteiger partial charge in [0, 0.05) is 35.2 Å². The number of hydrogen-bond donors (Lipinski definition) is 2. The van der Waals surface area contributed by atoms with E-state index >= 15 is 0 Å². The highest BCUT2D eigenvalue weighted by atomic mass is 79.9. The minimum Gasteiger partial charge on any atom is -0.479 e. The van der Waals surface area contributed by atoms with E-state index in [1.165, 1.54) is 24.8 Å². The molecule has 0 aliphatic carbocycles. The van der Waals surface area contributed by atoms with Crippen molar-refractivity contribution in [2.24, 2.45) is 0 Å². The third kappa shape index (κ3) is 3.17. The number of nitrogen functional groups attached to an aromatic ring is 1. The van der Waals surface area contributed by atoms with Gasteiger partial charge >= 0.3 is 6.01 Å². The number of anilines is 1. The zero-order chi connectivity index (χ0) is 22.4. The number of hydrogen-bond acceptors (Lipinski definition) is 8. The molecule has 4 heterocycles. The lowest BCUT2D eigenvalue weighted by Gasteiger charge is -2.13. The first-order chi connectivity index (χ1) is 15.5. The fourth-order valence-corrected chi connectivity index (χ4v) is 4.51. The summed E-state index contributed by atoms with van der Waals surface area (Å²) in [7, 11) is 0. The van der Waals surface area contributed by atoms with Crippen LogP contribution in [-0.4, -0.2) is 34.8 Å². The Morgan fingerprint density at radius 1 is 1.16 bits per heavy atom. The summed E-state index contributed by atoms with van der Waals surface area (Å²) < 4.78 is 22.2. The van der Waals surface area contributed by atoms with Crippen molar-refractivity contribution in [3.05, 3.63) is 65.2 Å². The number of rotatable bonds is 4. The van der Waals surface area contributed by atoms with Crippen molar-refractivity contribution in [2.75, 3.05) is 5.73 Å². The first kappa shape index (κ1) is 20.1. The van der Waals surface area contributed by atoms with Crippen molar-refractivity contribution < 1.29 is 14.0 Å². The van der Waals surface area contributed by atoms with Gasteiger partial charge in [0.25, 0.3) is 0 Å². The van der Waals surface area contributed by atoms with Crippen LogP contribution in [0.1, 0.15) is 18.7 Å². The molecule has 0 fully saturated rings. The Bertz CT molecular complexity index is 1450. The molecule has 3 N–H and O–H groups in total. The molecule has 0 spiro atoms. The minimum absolute atomic E-state index is 0.273. The molecule has 0 bridgehead atoms. The second kappa shape index (κ2) is 7.68. The van der Waals surface area contributed by atoms with Crippen LogP contribution in [0.2, 0.25) is 0 Å². The summed E-state index contributed by atoms with van der Waals surface area (Å²) in [6.07, 6.45) is 4.33. The van der Waals surface area contributed by atoms with E-state index < -0.39 is 0 Å². The molecule has 11 heteroatoms. The van der Waals surface area contributed by atoms with Crippen LogP contribution in [-0.2, 0) is 0 Å². The number of nitrogens with two attached hydrogens (primary N) is 1. The lowest BCUT2D eigenvalue weighted by atomic mass is 10.1. The summed E-state index contributed by atoms with van der Waals surface area (Å²) in [4.78, 5) is 16.3. The Kier molecular flexibility index (Phi) is 4.82. The first-order valence-electron chi connectivity index (χ1n) is 9.48. The quantitative estimate of drug-likeness (QED) is 0.376. The van der Waals surface area contributed by atoms with Gasteiger partial charge < -0.3 is 19.9 Å². The molecule has 5 rings (SSSR count). The fraction of sp³-hybridized carbons (Fsp3) is 0.0952. The Labute approximate surface area is 188 Å². The number of halogens is 2. The van der Waals surface area contributed by atoms with E-state index in [9.17, 15) is 9.50 Å². The average Bonchev–Trinajstić information content (AvgIpc) is 3.38. The molecule has 0 radical (unpaired) electrons. The molecular weight excluding hydrogens is 481 g/mol. The Balaban J connectivity index is 1.67. The Morgan fingerprint density at radius 2 is 1.91 bits per heavy atom. The second-order valence-electron chi connectivity index (χ2n) is 7.04. The molecule has 9 nitrogen and oxygen atoms in total. The maximum absolute atomic E-state index is 14.2. The Hall–Kier alpha value is -3.86. The number of nitrogens with zero attached hydrogens (tertiary/aromatic N) is 6. The highest BCUT2D eigenvalue weighted by molar-refractivity contribution is 9.10. The van der Waals surface area contributed by atoms with Gasteiger partial charge in [-0.25, -0.2) is 24.3 Å². The summed E-state index contributed by atoms with van der Waals surface area (Å²) >= 11 is 3.64. The summed E-state index contributed by atoms with van der Waals surface area (Å²) in [6.45, 7) is 1.89. The van der Waals surface area contributed by atoms with Crippen LogP contribution in [0.25, 0.3) is 33.4 Å². The van der Waals surface area contributed by atoms with Crippen molar-refractivity contribution in [1.82, 2.24) is 29.7 Å². The first-order valence-corrected chi connectivity index (χ1v) is 10.3. The van der Waals surface area contributed by atoms with Gasteiger partial charge in [-0.05, 0) is 35.0 Å². The average molecular weight is 496 g/mol. The molecular formula is C21H15BrFN7O2. The smallest absolute Gasteiger partial charge is 0.313 e. The van der Waals surface area contributed by atoms with E-state index in [1.54, 1.807) is 24.3 Å². The molecule has 1 aromatic carbocycles. The van der Waals surface area contributed by atoms with Gasteiger partial charge in [-0.15, -0.1) is 0 Å². The van der Waals surface area contributed by atoms with Gasteiger partial charge in [0.1, 0.15) is 29.3 Å². The molecule has 32 heavy (non-hydrogen) atoms. The fourth-order valence-electron chi connectivity index (χ4n) is 3.61. The van der Waals surface area contributed by atoms with Crippen molar-refractivity contribution in [1.29, 1.82) is 0 Å². The predicted octanol–water partition coefficient (Wildman–Crippen LogP) is 4.34. The number of benzene rings is 1. The number of aromatic nitrogens is 6. The van der Waals surface area contributed by atoms with Crippen molar-refractivity contribution in [3.63, 3.8) is 0 Å². The third-order valence-electron chi connectivity index (χ3n) is 5.16. The summed E-state index contributed by atoms with van der Waals surface area (Å²) in [5.41, 5.74) is 8.74. The molecule has 5 aromatic rings. The largest absolute Gasteiger partial charge is 0.479 e. The molecule has 0 saturated carbocycles. The van der Waals surface area contributed by atoms with E-state index in [0.717, 1.165) is 0 Å². The lowest BCUT2D eigenvalue weighted by Crippen LogP contribution is -2.07. The third-order valence-corrected chi connectivity index (χ3v) is 5.94. The van der Waals surface area contributed by atoms with Crippen molar-refractivity contribution in [3.8, 4) is 28.4 Å². The molecule has 0 aliphatic rings. The molecule has 1 unspecified atom stereocenters. The molecule has 4 aromatic heterocycles. The molecule has 1 atom stereocenters. The second-order valence-corrected chi connectivity index (χ2v) is 7.79. The van der Waals surface area contributed by atoms with Crippen LogP contribution in [0.5, 0.6) is 6.01 Å². The zero-order valence-corrected chi connectivity index (χ0v) is 18.2. The van der Waals surface area contributed by atoms with E-state index in [0.29, 0.717) is 43.8 Å². The SMILES string of the molecule is CC(c1cc(-c2ccccc2F)no1)n1c(Br)c(-c2cnc(O)nc2)c2c(N)ncnc21. The number of fused-ring (bicyclic) bond motifs is 1. The summed E-state index contributed by atoms with van der Waals surface area (Å²) in [5, 5.41) is 14.1. The molecule has 0 saturated heterocycles. The lowest BCUT2D eigenvalue weighted by molar-refractivity contribution is 0.354. The van der Waals surface area contributed by atoms with Crippen LogP contribution >= 0.6 is 15.9 Å². The predicted molar refractivity (Wildman–Crippen MR) is 118 cm³/mol. The van der Waals surface area contributed by atoms with Gasteiger partial charge in [-0.1, -0.05) is 17.3 Å². The highest BCUT2D eigenvalue weighted by Gasteiger charge is 2.26. The van der Waals surface area contributed by atoms with E-state index in [-0.39, 0.29) is 23.7 Å². The molecule has 160 valence electrons. The summed E-state index contributed by atoms with van der Waals surface area (Å²) in [6, 6.07) is 7.32. The van der Waals surface area contributed by atoms with Gasteiger partial charge in [0.2, 0.25) is 0 Å². The summed E-state index contributed by atoms with van der Waals surface area (Å²) in [5.74, 6) is 0.378. The van der Waals surface area contributed by atoms with Crippen LogP contribution in [0, 0.1) is 5.82 Å². The van der Waals surface area contributed by atoms with Crippen LogP contribution in [0.4, 0.5) is 10.2 Å². The van der Waals surface area contributed by atoms with Crippen molar-refractivity contribution in [2.45, 2.75) is 13.0 Å². The van der Waals surface area contributed by atoms with Gasteiger partial charge in [-0.3, -0.25) is 0 Å². The van der Waals surface area contributed by atoms with E-state index in [2.05, 4.69) is 41.0 Å². The zero-order valence-electron chi connectivity index (χ0n) is 16.6. The topological polar surface area (TPSA) is 129 Å². The molecule has 0 aliphatic heterocycles. The standard InChI is InChI=1S/C21H15BrFN7O2/c1-10(15-6-14(29-32-15)12-4-2-3-5-13(12)23)30-18(22)16(11-7-25-21(31)26-8-11)17-19(24)27-9-28-20(17)30/h2-10H,1H3,(H2,24,27,28)(H,25,26,31). The van der Waals surface area contributed by atoms with Crippen LogP contribution in [0.3, 0.4) is 0 Å². The van der Waals surface area contributed by atoms with Gasteiger partial charge in [0.15, 0.2) is 5.76 Å².